The predicted octanol–water partition coefficient (Wildman–Crippen LogP) is 1.09. The van der Waals surface area contributed by atoms with Gasteiger partial charge in [0, 0.05) is 0 Å². The molecule has 0 aliphatic heterocycles. The van der Waals surface area contributed by atoms with Gasteiger partial charge in [0.15, 0.2) is 0 Å². The molecule has 0 aromatic rings. The Hall–Kier alpha value is -0.0800. The molecule has 1 atom stereocenters. The lowest BCUT2D eigenvalue weighted by atomic mass is 10.3. The van der Waals surface area contributed by atoms with Gasteiger partial charge < -0.3 is 0 Å². The van der Waals surface area contributed by atoms with E-state index in [2.05, 4.69) is 4.89 Å². The minimum atomic E-state index is -0.134. The monoisotopic (exact) mass is 89.1 g/mol. The van der Waals surface area contributed by atoms with Gasteiger partial charge in [-0.1, -0.05) is 6.92 Å². The zero-order valence-electron chi connectivity index (χ0n) is 4.01. The van der Waals surface area contributed by atoms with E-state index in [9.17, 15) is 0 Å². The molecule has 37 valence electrons. The van der Waals surface area contributed by atoms with Crippen molar-refractivity contribution in [2.45, 2.75) is 20.0 Å². The second kappa shape index (κ2) is 3.12. The van der Waals surface area contributed by atoms with Crippen LogP contribution in [0.25, 0.3) is 0 Å². The summed E-state index contributed by atoms with van der Waals surface area (Å²) in [6.45, 7) is 3.57. The fourth-order valence-corrected chi connectivity index (χ4v) is 0.0609. The van der Waals surface area contributed by atoms with Gasteiger partial charge in [-0.25, -0.2) is 4.89 Å². The summed E-state index contributed by atoms with van der Waals surface area (Å²) in [4.78, 5) is 3.84. The maximum Gasteiger partial charge on any atom is 0.0928 e. The van der Waals surface area contributed by atoms with E-state index in [4.69, 9.17) is 5.26 Å². The number of rotatable bonds is 2. The molecular weight excluding hydrogens is 80.0 g/mol. The summed E-state index contributed by atoms with van der Waals surface area (Å²) >= 11 is 0. The summed E-state index contributed by atoms with van der Waals surface area (Å²) in [5.41, 5.74) is 0. The first-order valence-electron chi connectivity index (χ1n) is 1.91. The molecule has 2 nitrogen and oxygen atoms in total. The van der Waals surface area contributed by atoms with E-state index in [0.717, 1.165) is 0 Å². The van der Waals surface area contributed by atoms with Crippen LogP contribution < -0.4 is 0 Å². The highest BCUT2D eigenvalue weighted by molar-refractivity contribution is 4.62. The van der Waals surface area contributed by atoms with Crippen LogP contribution in [-0.4, -0.2) is 11.4 Å². The van der Waals surface area contributed by atoms with Crippen molar-refractivity contribution in [1.29, 1.82) is 0 Å². The van der Waals surface area contributed by atoms with Crippen LogP contribution in [0.3, 0.4) is 0 Å². The van der Waals surface area contributed by atoms with Crippen molar-refractivity contribution in [1.82, 2.24) is 0 Å². The largest absolute Gasteiger partial charge is 0.252 e. The minimum absolute atomic E-state index is 0.134. The highest BCUT2D eigenvalue weighted by atomic mass is 17.1. The summed E-state index contributed by atoms with van der Waals surface area (Å²) in [5, 5.41) is 7.80. The lowest BCUT2D eigenvalue weighted by Gasteiger charge is -1.98. The normalized spacial score (nSPS) is 14.5. The van der Waals surface area contributed by atoms with Gasteiger partial charge in [-0.3, -0.25) is 5.26 Å². The molecule has 2 heteroatoms. The zero-order chi connectivity index (χ0) is 4.99. The molecule has 0 aromatic carbocycles. The van der Waals surface area contributed by atoms with Crippen molar-refractivity contribution in [3.05, 3.63) is 6.42 Å². The van der Waals surface area contributed by atoms with Gasteiger partial charge in [-0.05, 0) is 13.3 Å². The van der Waals surface area contributed by atoms with Crippen LogP contribution >= 0.6 is 0 Å². The maximum atomic E-state index is 7.80. The molecule has 0 heterocycles. The van der Waals surface area contributed by atoms with E-state index >= 15 is 0 Å². The molecule has 0 fully saturated rings. The highest BCUT2D eigenvalue weighted by Crippen LogP contribution is 1.88. The quantitative estimate of drug-likeness (QED) is 0.405. The van der Waals surface area contributed by atoms with Crippen molar-refractivity contribution in [3.63, 3.8) is 0 Å². The van der Waals surface area contributed by atoms with E-state index in [1.54, 1.807) is 13.3 Å². The first-order valence-corrected chi connectivity index (χ1v) is 1.91. The summed E-state index contributed by atoms with van der Waals surface area (Å²) in [6.07, 6.45) is 1.62. The SMILES string of the molecule is C[CH]C(C)OO. The summed E-state index contributed by atoms with van der Waals surface area (Å²) in [7, 11) is 0. The Morgan fingerprint density at radius 2 is 2.33 bits per heavy atom. The molecule has 0 spiro atoms. The van der Waals surface area contributed by atoms with Crippen molar-refractivity contribution in [2.75, 3.05) is 0 Å². The van der Waals surface area contributed by atoms with E-state index in [1.807, 2.05) is 6.92 Å². The third kappa shape index (κ3) is 2.18. The van der Waals surface area contributed by atoms with Gasteiger partial charge in [0.1, 0.15) is 0 Å². The molecule has 0 aliphatic carbocycles. The molecule has 6 heavy (non-hydrogen) atoms. The van der Waals surface area contributed by atoms with Crippen LogP contribution in [0.4, 0.5) is 0 Å². The molecule has 0 aromatic heterocycles. The Bertz CT molecular complexity index is 24.7. The first kappa shape index (κ1) is 5.92. The van der Waals surface area contributed by atoms with Gasteiger partial charge in [0.25, 0.3) is 0 Å². The standard InChI is InChI=1S/C4H9O2/c1-3-4(2)6-5/h3-5H,1-2H3. The molecule has 0 rings (SSSR count). The lowest BCUT2D eigenvalue weighted by molar-refractivity contribution is -0.265. The van der Waals surface area contributed by atoms with Crippen LogP contribution in [0.15, 0.2) is 0 Å². The molecule has 0 aliphatic rings. The van der Waals surface area contributed by atoms with Crippen LogP contribution in [0.1, 0.15) is 13.8 Å². The van der Waals surface area contributed by atoms with Gasteiger partial charge in [-0.15, -0.1) is 0 Å². The molecule has 0 amide bonds. The minimum Gasteiger partial charge on any atom is -0.252 e. The Balaban J connectivity index is 2.75. The molecule has 1 radical (unpaired) electrons. The average molecular weight is 89.1 g/mol. The smallest absolute Gasteiger partial charge is 0.0928 e. The second-order valence-corrected chi connectivity index (χ2v) is 1.14. The molecule has 1 unspecified atom stereocenters. The molecule has 0 saturated carbocycles. The maximum absolute atomic E-state index is 7.80. The number of hydrogen-bond donors (Lipinski definition) is 1. The average Bonchev–Trinajstić information content (AvgIpc) is 1.65. The summed E-state index contributed by atoms with van der Waals surface area (Å²) in [6, 6.07) is 0. The fraction of sp³-hybridized carbons (Fsp3) is 0.750. The predicted molar refractivity (Wildman–Crippen MR) is 23.1 cm³/mol. The second-order valence-electron chi connectivity index (χ2n) is 1.14. The van der Waals surface area contributed by atoms with Crippen molar-refractivity contribution < 1.29 is 10.1 Å². The topological polar surface area (TPSA) is 29.5 Å². The van der Waals surface area contributed by atoms with Gasteiger partial charge >= 0.3 is 0 Å². The highest BCUT2D eigenvalue weighted by Gasteiger charge is 1.91. The number of hydrogen-bond acceptors (Lipinski definition) is 2. The Morgan fingerprint density at radius 3 is 2.33 bits per heavy atom. The molecule has 0 saturated heterocycles. The van der Waals surface area contributed by atoms with E-state index in [1.165, 1.54) is 0 Å². The van der Waals surface area contributed by atoms with Crippen LogP contribution in [0.2, 0.25) is 0 Å². The van der Waals surface area contributed by atoms with Crippen molar-refractivity contribution in [2.24, 2.45) is 0 Å². The van der Waals surface area contributed by atoms with Gasteiger partial charge in [-0.2, -0.15) is 0 Å². The van der Waals surface area contributed by atoms with Crippen LogP contribution in [0.5, 0.6) is 0 Å². The van der Waals surface area contributed by atoms with Gasteiger partial charge in [0.2, 0.25) is 0 Å². The van der Waals surface area contributed by atoms with Crippen LogP contribution in [-0.2, 0) is 4.89 Å². The van der Waals surface area contributed by atoms with E-state index in [-0.39, 0.29) is 6.10 Å². The Morgan fingerprint density at radius 1 is 1.83 bits per heavy atom. The Labute approximate surface area is 37.7 Å². The summed E-state index contributed by atoms with van der Waals surface area (Å²) < 4.78 is 0. The van der Waals surface area contributed by atoms with E-state index in [0.29, 0.717) is 0 Å². The zero-order valence-corrected chi connectivity index (χ0v) is 4.01. The van der Waals surface area contributed by atoms with E-state index < -0.39 is 0 Å². The molecule has 1 N–H and O–H groups in total. The fourth-order valence-electron chi connectivity index (χ4n) is 0.0609. The van der Waals surface area contributed by atoms with Crippen molar-refractivity contribution in [3.8, 4) is 0 Å². The third-order valence-electron chi connectivity index (χ3n) is 0.636. The van der Waals surface area contributed by atoms with Crippen LogP contribution in [0, 0.1) is 6.42 Å². The Kier molecular flexibility index (Phi) is 3.08. The van der Waals surface area contributed by atoms with Gasteiger partial charge in [0.05, 0.1) is 6.10 Å². The molecule has 0 bridgehead atoms. The first-order chi connectivity index (χ1) is 2.81. The molecular formula is C4H9O2. The lowest BCUT2D eigenvalue weighted by Crippen LogP contribution is -2.01. The summed E-state index contributed by atoms with van der Waals surface area (Å²) in [5.74, 6) is 0. The third-order valence-corrected chi connectivity index (χ3v) is 0.636. The van der Waals surface area contributed by atoms with Crippen molar-refractivity contribution >= 4 is 0 Å².